The Hall–Kier alpha value is -2.43. The molecule has 0 radical (unpaired) electrons. The van der Waals surface area contributed by atoms with Crippen molar-refractivity contribution in [2.75, 3.05) is 5.75 Å². The quantitative estimate of drug-likeness (QED) is 0.543. The summed E-state index contributed by atoms with van der Waals surface area (Å²) in [7, 11) is -3.82. The molecular formula is C22H25FN4O3S2. The zero-order valence-corrected chi connectivity index (χ0v) is 19.3. The highest BCUT2D eigenvalue weighted by molar-refractivity contribution is 7.99. The number of carbonyl (C=O) groups excluding carboxylic acids is 1. The molecule has 0 spiro atoms. The fraction of sp³-hybridized carbons (Fsp3) is 0.364. The Morgan fingerprint density at radius 2 is 2.16 bits per heavy atom. The summed E-state index contributed by atoms with van der Waals surface area (Å²) in [5.41, 5.74) is 2.17. The molecule has 32 heavy (non-hydrogen) atoms. The van der Waals surface area contributed by atoms with Gasteiger partial charge in [-0.1, -0.05) is 19.1 Å². The number of thioether (sulfide) groups is 1. The number of benzene rings is 2. The molecule has 2 aromatic carbocycles. The van der Waals surface area contributed by atoms with E-state index in [4.69, 9.17) is 5.14 Å². The Labute approximate surface area is 190 Å². The maximum atomic E-state index is 14.1. The summed E-state index contributed by atoms with van der Waals surface area (Å²) in [6.07, 6.45) is 2.24. The minimum atomic E-state index is -3.82. The van der Waals surface area contributed by atoms with Crippen LogP contribution in [0, 0.1) is 5.82 Å². The van der Waals surface area contributed by atoms with Crippen molar-refractivity contribution in [3.05, 3.63) is 53.6 Å². The maximum absolute atomic E-state index is 14.1. The molecule has 0 unspecified atom stereocenters. The number of nitrogens with one attached hydrogen (secondary N) is 1. The van der Waals surface area contributed by atoms with Gasteiger partial charge in [0.15, 0.2) is 0 Å². The number of amides is 1. The third-order valence-corrected chi connectivity index (χ3v) is 7.58. The number of rotatable bonds is 7. The number of fused-ring (bicyclic) bond motifs is 2. The van der Waals surface area contributed by atoms with E-state index in [1.165, 1.54) is 30.0 Å². The second-order valence-electron chi connectivity index (χ2n) is 7.79. The number of sulfonamides is 1. The van der Waals surface area contributed by atoms with E-state index in [-0.39, 0.29) is 29.1 Å². The van der Waals surface area contributed by atoms with Crippen molar-refractivity contribution in [1.82, 2.24) is 14.9 Å². The molecule has 4 rings (SSSR count). The van der Waals surface area contributed by atoms with E-state index in [1.807, 2.05) is 17.6 Å². The molecule has 0 saturated heterocycles. The summed E-state index contributed by atoms with van der Waals surface area (Å²) < 4.78 is 39.4. The first kappa shape index (κ1) is 22.8. The van der Waals surface area contributed by atoms with Gasteiger partial charge in [0.25, 0.3) is 0 Å². The molecule has 1 aromatic heterocycles. The molecule has 0 aliphatic carbocycles. The van der Waals surface area contributed by atoms with Gasteiger partial charge in [-0.3, -0.25) is 4.79 Å². The Balaban J connectivity index is 1.51. The Bertz CT molecular complexity index is 1270. The molecular weight excluding hydrogens is 451 g/mol. The Morgan fingerprint density at radius 3 is 2.91 bits per heavy atom. The first-order valence-electron chi connectivity index (χ1n) is 10.5. The van der Waals surface area contributed by atoms with Crippen LogP contribution in [0.25, 0.3) is 11.0 Å². The van der Waals surface area contributed by atoms with Crippen LogP contribution in [0.4, 0.5) is 4.39 Å². The van der Waals surface area contributed by atoms with Gasteiger partial charge in [0.1, 0.15) is 11.6 Å². The number of carbonyl (C=O) groups is 1. The zero-order valence-electron chi connectivity index (χ0n) is 17.7. The van der Waals surface area contributed by atoms with E-state index in [2.05, 4.69) is 10.3 Å². The number of nitrogens with two attached hydrogens (primary N) is 1. The first-order valence-corrected chi connectivity index (χ1v) is 13.0. The molecule has 170 valence electrons. The van der Waals surface area contributed by atoms with Crippen LogP contribution < -0.4 is 10.5 Å². The number of halogens is 1. The fourth-order valence-corrected chi connectivity index (χ4v) is 5.70. The number of aromatic nitrogens is 2. The van der Waals surface area contributed by atoms with Crippen LogP contribution >= 0.6 is 11.8 Å². The Morgan fingerprint density at radius 1 is 1.34 bits per heavy atom. The number of nitrogens with zero attached hydrogens (tertiary/aromatic N) is 2. The molecule has 2 heterocycles. The first-order chi connectivity index (χ1) is 15.3. The fourth-order valence-electron chi connectivity index (χ4n) is 4.03. The average Bonchev–Trinajstić information content (AvgIpc) is 3.09. The topological polar surface area (TPSA) is 107 Å². The van der Waals surface area contributed by atoms with Crippen molar-refractivity contribution in [3.8, 4) is 0 Å². The van der Waals surface area contributed by atoms with Gasteiger partial charge < -0.3 is 9.88 Å². The van der Waals surface area contributed by atoms with Crippen LogP contribution in [-0.4, -0.2) is 29.6 Å². The third kappa shape index (κ3) is 4.67. The summed E-state index contributed by atoms with van der Waals surface area (Å²) in [5.74, 6) is 1.09. The van der Waals surface area contributed by atoms with E-state index in [0.29, 0.717) is 29.2 Å². The maximum Gasteiger partial charge on any atom is 0.238 e. The lowest BCUT2D eigenvalue weighted by Gasteiger charge is -2.26. The highest BCUT2D eigenvalue weighted by Crippen LogP contribution is 2.37. The van der Waals surface area contributed by atoms with Crippen LogP contribution in [0.5, 0.6) is 0 Å². The molecule has 7 nitrogen and oxygen atoms in total. The molecule has 0 saturated carbocycles. The highest BCUT2D eigenvalue weighted by Gasteiger charge is 2.24. The van der Waals surface area contributed by atoms with Gasteiger partial charge in [0, 0.05) is 30.0 Å². The number of primary sulfonamides is 1. The van der Waals surface area contributed by atoms with Gasteiger partial charge in [0.05, 0.1) is 22.0 Å². The molecule has 0 fully saturated rings. The normalized spacial score (nSPS) is 16.2. The summed E-state index contributed by atoms with van der Waals surface area (Å²) in [6, 6.07) is 9.40. The summed E-state index contributed by atoms with van der Waals surface area (Å²) in [4.78, 5) is 17.9. The molecule has 1 amide bonds. The van der Waals surface area contributed by atoms with Gasteiger partial charge in [0.2, 0.25) is 15.9 Å². The molecule has 3 N–H and O–H groups in total. The smallest absolute Gasteiger partial charge is 0.238 e. The lowest BCUT2D eigenvalue weighted by molar-refractivity contribution is -0.121. The lowest BCUT2D eigenvalue weighted by atomic mass is 10.0. The highest BCUT2D eigenvalue weighted by atomic mass is 32.2. The van der Waals surface area contributed by atoms with E-state index < -0.39 is 10.0 Å². The number of hydrogen-bond donors (Lipinski definition) is 2. The summed E-state index contributed by atoms with van der Waals surface area (Å²) >= 11 is 1.48. The zero-order chi connectivity index (χ0) is 22.9. The van der Waals surface area contributed by atoms with E-state index in [0.717, 1.165) is 29.7 Å². The third-order valence-electron chi connectivity index (χ3n) is 5.51. The SMILES string of the molecule is CCCn1c(CCC(=O)N[C@@H]2CCSc3c(F)cccc32)nc2cc(S(N)(=O)=O)ccc21. The van der Waals surface area contributed by atoms with Crippen LogP contribution in [-0.2, 0) is 27.8 Å². The summed E-state index contributed by atoms with van der Waals surface area (Å²) in [6.45, 7) is 2.74. The second kappa shape index (κ2) is 9.21. The Kier molecular flexibility index (Phi) is 6.55. The van der Waals surface area contributed by atoms with Gasteiger partial charge >= 0.3 is 0 Å². The van der Waals surface area contributed by atoms with Crippen molar-refractivity contribution in [2.24, 2.45) is 5.14 Å². The van der Waals surface area contributed by atoms with E-state index in [1.54, 1.807) is 12.1 Å². The molecule has 1 aliphatic rings. The van der Waals surface area contributed by atoms with Gasteiger partial charge in [-0.15, -0.1) is 11.8 Å². The van der Waals surface area contributed by atoms with Crippen molar-refractivity contribution in [3.63, 3.8) is 0 Å². The molecule has 1 atom stereocenters. The molecule has 1 aliphatic heterocycles. The molecule has 10 heteroatoms. The molecule has 3 aromatic rings. The van der Waals surface area contributed by atoms with Crippen molar-refractivity contribution in [1.29, 1.82) is 0 Å². The number of hydrogen-bond acceptors (Lipinski definition) is 5. The number of imidazole rings is 1. The van der Waals surface area contributed by atoms with Crippen molar-refractivity contribution in [2.45, 2.75) is 55.0 Å². The van der Waals surface area contributed by atoms with Crippen LogP contribution in [0.15, 0.2) is 46.2 Å². The van der Waals surface area contributed by atoms with E-state index >= 15 is 0 Å². The van der Waals surface area contributed by atoms with E-state index in [9.17, 15) is 17.6 Å². The van der Waals surface area contributed by atoms with Crippen molar-refractivity contribution >= 4 is 38.7 Å². The minimum Gasteiger partial charge on any atom is -0.349 e. The van der Waals surface area contributed by atoms with Crippen LogP contribution in [0.3, 0.4) is 0 Å². The van der Waals surface area contributed by atoms with Crippen molar-refractivity contribution < 1.29 is 17.6 Å². The summed E-state index contributed by atoms with van der Waals surface area (Å²) in [5, 5.41) is 8.28. The van der Waals surface area contributed by atoms with Crippen LogP contribution in [0.1, 0.15) is 43.6 Å². The second-order valence-corrected chi connectivity index (χ2v) is 10.5. The predicted molar refractivity (Wildman–Crippen MR) is 122 cm³/mol. The average molecular weight is 477 g/mol. The standard InChI is InChI=1S/C22H25FN4O3S2/c1-2-11-27-19-7-6-14(32(24,29)30)13-18(19)25-20(27)8-9-21(28)26-17-10-12-31-22-15(17)4-3-5-16(22)23/h3-7,13,17H,2,8-12H2,1H3,(H,26,28)(H2,24,29,30)/t17-/m1/s1. The number of aryl methyl sites for hydroxylation is 2. The van der Waals surface area contributed by atoms with Crippen LogP contribution in [0.2, 0.25) is 0 Å². The predicted octanol–water partition coefficient (Wildman–Crippen LogP) is 3.52. The lowest BCUT2D eigenvalue weighted by Crippen LogP contribution is -2.31. The minimum absolute atomic E-state index is 0.0107. The van der Waals surface area contributed by atoms with Gasteiger partial charge in [-0.2, -0.15) is 0 Å². The largest absolute Gasteiger partial charge is 0.349 e. The van der Waals surface area contributed by atoms with Gasteiger partial charge in [-0.05, 0) is 42.7 Å². The van der Waals surface area contributed by atoms with Gasteiger partial charge in [-0.25, -0.2) is 22.9 Å². The monoisotopic (exact) mass is 476 g/mol. The molecule has 0 bridgehead atoms.